The zero-order valence-electron chi connectivity index (χ0n) is 9.41. The fourth-order valence-corrected chi connectivity index (χ4v) is 4.57. The first-order valence-corrected chi connectivity index (χ1v) is 8.20. The molecule has 2 N–H and O–H groups in total. The van der Waals surface area contributed by atoms with Crippen molar-refractivity contribution in [2.24, 2.45) is 0 Å². The second-order valence-corrected chi connectivity index (χ2v) is 7.21. The average molecular weight is 274 g/mol. The number of nitrogen functional groups attached to an aromatic ring is 1. The maximum atomic E-state index is 11.7. The molecule has 1 atom stereocenters. The van der Waals surface area contributed by atoms with E-state index in [-0.39, 0.29) is 0 Å². The van der Waals surface area contributed by atoms with Gasteiger partial charge in [0.2, 0.25) is 0 Å². The summed E-state index contributed by atoms with van der Waals surface area (Å²) >= 11 is 1.63. The summed E-state index contributed by atoms with van der Waals surface area (Å²) in [7, 11) is -3.15. The molecule has 0 amide bonds. The van der Waals surface area contributed by atoms with E-state index < -0.39 is 15.2 Å². The molecule has 0 bridgehead atoms. The Morgan fingerprint density at radius 2 is 2.35 bits per heavy atom. The molecule has 1 aliphatic rings. The highest BCUT2D eigenvalue weighted by Gasteiger charge is 2.32. The van der Waals surface area contributed by atoms with Crippen LogP contribution in [0.2, 0.25) is 0 Å². The minimum Gasteiger partial charge on any atom is -0.394 e. The minimum atomic E-state index is -3.15. The van der Waals surface area contributed by atoms with Crippen molar-refractivity contribution in [2.75, 3.05) is 34.9 Å². The maximum absolute atomic E-state index is 11.7. The van der Waals surface area contributed by atoms with Crippen LogP contribution in [0.25, 0.3) is 0 Å². The summed E-state index contributed by atoms with van der Waals surface area (Å²) in [6.45, 7) is 0.629. The van der Waals surface area contributed by atoms with Crippen molar-refractivity contribution < 1.29 is 8.42 Å². The lowest BCUT2D eigenvalue weighted by Crippen LogP contribution is -2.47. The van der Waals surface area contributed by atoms with E-state index in [2.05, 4.69) is 9.97 Å². The van der Waals surface area contributed by atoms with Crippen LogP contribution >= 0.6 is 11.8 Å². The molecule has 1 unspecified atom stereocenters. The Bertz CT molecular complexity index is 505. The third-order valence-electron chi connectivity index (χ3n) is 2.57. The van der Waals surface area contributed by atoms with Crippen LogP contribution in [-0.4, -0.2) is 48.1 Å². The number of nitrogens with zero attached hydrogens (tertiary/aromatic N) is 3. The molecule has 0 radical (unpaired) electrons. The lowest BCUT2D eigenvalue weighted by atomic mass is 10.4. The molecule has 1 aromatic heterocycles. The van der Waals surface area contributed by atoms with Crippen molar-refractivity contribution in [3.05, 3.63) is 12.5 Å². The van der Waals surface area contributed by atoms with Gasteiger partial charge in [0.05, 0.1) is 11.9 Å². The van der Waals surface area contributed by atoms with Gasteiger partial charge in [-0.25, -0.2) is 18.4 Å². The number of hydrogen-bond donors (Lipinski definition) is 1. The van der Waals surface area contributed by atoms with Crippen LogP contribution in [0.4, 0.5) is 11.5 Å². The Hall–Kier alpha value is -1.02. The van der Waals surface area contributed by atoms with Gasteiger partial charge < -0.3 is 10.6 Å². The predicted molar refractivity (Wildman–Crippen MR) is 69.7 cm³/mol. The van der Waals surface area contributed by atoms with E-state index in [9.17, 15) is 8.42 Å². The van der Waals surface area contributed by atoms with E-state index in [1.54, 1.807) is 16.7 Å². The van der Waals surface area contributed by atoms with Crippen LogP contribution in [-0.2, 0) is 9.84 Å². The van der Waals surface area contributed by atoms with E-state index in [0.29, 0.717) is 23.8 Å². The van der Waals surface area contributed by atoms with Crippen LogP contribution in [0.1, 0.15) is 0 Å². The van der Waals surface area contributed by atoms with Crippen molar-refractivity contribution in [1.82, 2.24) is 9.97 Å². The fourth-order valence-electron chi connectivity index (χ4n) is 1.75. The van der Waals surface area contributed by atoms with E-state index in [1.165, 1.54) is 18.8 Å². The molecule has 1 fully saturated rings. The van der Waals surface area contributed by atoms with Gasteiger partial charge in [-0.05, 0) is 0 Å². The van der Waals surface area contributed by atoms with Crippen LogP contribution in [0.15, 0.2) is 12.5 Å². The van der Waals surface area contributed by atoms with E-state index >= 15 is 0 Å². The Balaban J connectivity index is 2.38. The summed E-state index contributed by atoms with van der Waals surface area (Å²) in [4.78, 5) is 9.64. The van der Waals surface area contributed by atoms with Crippen molar-refractivity contribution in [3.8, 4) is 0 Å². The number of sulfone groups is 1. The number of rotatable bonds is 2. The van der Waals surface area contributed by atoms with Gasteiger partial charge in [0.1, 0.15) is 11.7 Å². The number of thioether (sulfide) groups is 1. The summed E-state index contributed by atoms with van der Waals surface area (Å²) in [6.07, 6.45) is 4.12. The van der Waals surface area contributed by atoms with Gasteiger partial charge in [0.15, 0.2) is 15.7 Å². The second kappa shape index (κ2) is 4.69. The van der Waals surface area contributed by atoms with Crippen molar-refractivity contribution in [3.63, 3.8) is 0 Å². The van der Waals surface area contributed by atoms with Gasteiger partial charge in [0.25, 0.3) is 0 Å². The van der Waals surface area contributed by atoms with Crippen LogP contribution in [0, 0.1) is 0 Å². The van der Waals surface area contributed by atoms with Crippen molar-refractivity contribution in [1.29, 1.82) is 0 Å². The largest absolute Gasteiger partial charge is 0.394 e. The predicted octanol–water partition coefficient (Wildman–Crippen LogP) is -0.0173. The van der Waals surface area contributed by atoms with Gasteiger partial charge in [-0.15, -0.1) is 0 Å². The SMILES string of the molecule is CS(=O)(=O)C1CSCCN1c1ncncc1N. The Labute approximate surface area is 105 Å². The molecule has 17 heavy (non-hydrogen) atoms. The second-order valence-electron chi connectivity index (χ2n) is 3.85. The number of anilines is 2. The molecule has 8 heteroatoms. The number of aromatic nitrogens is 2. The Morgan fingerprint density at radius 1 is 1.59 bits per heavy atom. The van der Waals surface area contributed by atoms with Gasteiger partial charge in [-0.3, -0.25) is 0 Å². The molecule has 2 rings (SSSR count). The van der Waals surface area contributed by atoms with Gasteiger partial charge in [-0.1, -0.05) is 0 Å². The lowest BCUT2D eigenvalue weighted by molar-refractivity contribution is 0.583. The van der Waals surface area contributed by atoms with E-state index in [4.69, 9.17) is 5.73 Å². The molecule has 1 aliphatic heterocycles. The molecule has 94 valence electrons. The average Bonchev–Trinajstić information content (AvgIpc) is 2.28. The summed E-state index contributed by atoms with van der Waals surface area (Å²) in [5, 5.41) is -0.557. The lowest BCUT2D eigenvalue weighted by Gasteiger charge is -2.35. The summed E-state index contributed by atoms with van der Waals surface area (Å²) in [6, 6.07) is 0. The highest BCUT2D eigenvalue weighted by Crippen LogP contribution is 2.28. The van der Waals surface area contributed by atoms with E-state index in [0.717, 1.165) is 5.75 Å². The van der Waals surface area contributed by atoms with Crippen molar-refractivity contribution >= 4 is 33.1 Å². The standard InChI is InChI=1S/C9H14N4O2S2/c1-17(14,15)8-5-16-3-2-13(8)9-7(10)4-11-6-12-9/h4,6,8H,2-3,5,10H2,1H3. The molecule has 0 aliphatic carbocycles. The first-order valence-electron chi connectivity index (χ1n) is 5.09. The molecule has 2 heterocycles. The van der Waals surface area contributed by atoms with Gasteiger partial charge in [-0.2, -0.15) is 11.8 Å². The van der Waals surface area contributed by atoms with Crippen LogP contribution < -0.4 is 10.6 Å². The molecule has 0 saturated carbocycles. The molecule has 0 spiro atoms. The summed E-state index contributed by atoms with van der Waals surface area (Å²) < 4.78 is 23.5. The first kappa shape index (κ1) is 12.4. The third kappa shape index (κ3) is 2.63. The first-order chi connectivity index (χ1) is 8.00. The molecular formula is C9H14N4O2S2. The maximum Gasteiger partial charge on any atom is 0.169 e. The van der Waals surface area contributed by atoms with Crippen LogP contribution in [0.5, 0.6) is 0 Å². The zero-order chi connectivity index (χ0) is 12.5. The quantitative estimate of drug-likeness (QED) is 0.810. The monoisotopic (exact) mass is 274 g/mol. The smallest absolute Gasteiger partial charge is 0.169 e. The van der Waals surface area contributed by atoms with Gasteiger partial charge >= 0.3 is 0 Å². The molecule has 6 nitrogen and oxygen atoms in total. The molecular weight excluding hydrogens is 260 g/mol. The van der Waals surface area contributed by atoms with Crippen LogP contribution in [0.3, 0.4) is 0 Å². The van der Waals surface area contributed by atoms with Crippen molar-refractivity contribution in [2.45, 2.75) is 5.37 Å². The third-order valence-corrected chi connectivity index (χ3v) is 5.21. The highest BCUT2D eigenvalue weighted by atomic mass is 32.2. The minimum absolute atomic E-state index is 0.410. The fraction of sp³-hybridized carbons (Fsp3) is 0.556. The Kier molecular flexibility index (Phi) is 3.43. The normalized spacial score (nSPS) is 21.5. The topological polar surface area (TPSA) is 89.2 Å². The number of hydrogen-bond acceptors (Lipinski definition) is 7. The highest BCUT2D eigenvalue weighted by molar-refractivity contribution is 8.01. The molecule has 1 aromatic rings. The number of nitrogens with two attached hydrogens (primary N) is 1. The summed E-state index contributed by atoms with van der Waals surface area (Å²) in [5.74, 6) is 1.92. The Morgan fingerprint density at radius 3 is 3.00 bits per heavy atom. The molecule has 1 saturated heterocycles. The molecule has 0 aromatic carbocycles. The van der Waals surface area contributed by atoms with E-state index in [1.807, 2.05) is 0 Å². The zero-order valence-corrected chi connectivity index (χ0v) is 11.0. The van der Waals surface area contributed by atoms with Gasteiger partial charge in [0, 0.05) is 24.3 Å². The summed E-state index contributed by atoms with van der Waals surface area (Å²) in [5.41, 5.74) is 6.20.